The highest BCUT2D eigenvalue weighted by molar-refractivity contribution is 7.80. The van der Waals surface area contributed by atoms with Crippen molar-refractivity contribution in [3.8, 4) is 0 Å². The summed E-state index contributed by atoms with van der Waals surface area (Å²) >= 11 is 4.99. The van der Waals surface area contributed by atoms with E-state index in [0.29, 0.717) is 4.99 Å². The largest absolute Gasteiger partial charge is 0.480 e. The smallest absolute Gasteiger partial charge is 0.325 e. The second kappa shape index (κ2) is 6.83. The van der Waals surface area contributed by atoms with Gasteiger partial charge in [-0.3, -0.25) is 4.79 Å². The average molecular weight is 203 g/mol. The molecule has 0 aromatic heterocycles. The topological polar surface area (TPSA) is 49.3 Å². The van der Waals surface area contributed by atoms with E-state index < -0.39 is 12.0 Å². The lowest BCUT2D eigenvalue weighted by Crippen LogP contribution is -2.37. The Morgan fingerprint density at radius 2 is 2.15 bits per heavy atom. The molecule has 0 aromatic rings. The minimum Gasteiger partial charge on any atom is -0.480 e. The third-order valence-corrected chi connectivity index (χ3v) is 2.08. The third-order valence-electron chi connectivity index (χ3n) is 1.76. The second-order valence-electron chi connectivity index (χ2n) is 3.08. The molecule has 2 N–H and O–H groups in total. The molecule has 1 atom stereocenters. The maximum absolute atomic E-state index is 10.4. The van der Waals surface area contributed by atoms with Crippen LogP contribution in [0, 0.1) is 0 Å². The molecule has 0 rings (SSSR count). The van der Waals surface area contributed by atoms with E-state index >= 15 is 0 Å². The van der Waals surface area contributed by atoms with E-state index in [1.54, 1.807) is 6.92 Å². The Morgan fingerprint density at radius 1 is 1.54 bits per heavy atom. The molecule has 0 heterocycles. The number of aliphatic carboxylic acids is 1. The molecule has 13 heavy (non-hydrogen) atoms. The maximum Gasteiger partial charge on any atom is 0.325 e. The number of rotatable bonds is 6. The van der Waals surface area contributed by atoms with Gasteiger partial charge in [0.05, 0.1) is 4.99 Å². The molecule has 0 saturated carbocycles. The van der Waals surface area contributed by atoms with E-state index in [-0.39, 0.29) is 0 Å². The highest BCUT2D eigenvalue weighted by Crippen LogP contribution is 2.00. The molecular weight excluding hydrogens is 186 g/mol. The van der Waals surface area contributed by atoms with Crippen LogP contribution in [0.25, 0.3) is 0 Å². The highest BCUT2D eigenvalue weighted by atomic mass is 32.1. The normalized spacial score (nSPS) is 12.2. The Kier molecular flexibility index (Phi) is 6.49. The summed E-state index contributed by atoms with van der Waals surface area (Å²) in [6.45, 7) is 3.71. The first-order chi connectivity index (χ1) is 6.07. The molecule has 0 aliphatic carbocycles. The average Bonchev–Trinajstić information content (AvgIpc) is 2.04. The van der Waals surface area contributed by atoms with Crippen LogP contribution in [0.3, 0.4) is 0 Å². The fraction of sp³-hybridized carbons (Fsp3) is 0.778. The molecule has 3 nitrogen and oxygen atoms in total. The number of carboxylic acids is 1. The number of nitrogens with one attached hydrogen (secondary N) is 1. The lowest BCUT2D eigenvalue weighted by atomic mass is 10.2. The number of hydrogen-bond donors (Lipinski definition) is 2. The molecule has 76 valence electrons. The molecule has 0 amide bonds. The van der Waals surface area contributed by atoms with Crippen molar-refractivity contribution >= 4 is 23.2 Å². The van der Waals surface area contributed by atoms with Crippen molar-refractivity contribution < 1.29 is 9.90 Å². The van der Waals surface area contributed by atoms with Crippen LogP contribution < -0.4 is 5.32 Å². The van der Waals surface area contributed by atoms with Crippen LogP contribution in [-0.2, 0) is 4.79 Å². The summed E-state index contributed by atoms with van der Waals surface area (Å²) in [6, 6.07) is -0.575. The van der Waals surface area contributed by atoms with E-state index in [9.17, 15) is 4.79 Å². The number of hydrogen-bond acceptors (Lipinski definition) is 2. The molecule has 0 radical (unpaired) electrons. The van der Waals surface area contributed by atoms with E-state index in [4.69, 9.17) is 17.3 Å². The summed E-state index contributed by atoms with van der Waals surface area (Å²) in [7, 11) is 0. The van der Waals surface area contributed by atoms with Crippen molar-refractivity contribution in [2.24, 2.45) is 0 Å². The lowest BCUT2D eigenvalue weighted by Gasteiger charge is -2.11. The summed E-state index contributed by atoms with van der Waals surface area (Å²) < 4.78 is 0. The molecule has 0 unspecified atom stereocenters. The first-order valence-electron chi connectivity index (χ1n) is 4.60. The van der Waals surface area contributed by atoms with Gasteiger partial charge in [-0.15, -0.1) is 0 Å². The Morgan fingerprint density at radius 3 is 2.62 bits per heavy atom. The minimum atomic E-state index is -0.863. The van der Waals surface area contributed by atoms with Crippen molar-refractivity contribution in [1.82, 2.24) is 5.32 Å². The van der Waals surface area contributed by atoms with Crippen molar-refractivity contribution in [3.63, 3.8) is 0 Å². The van der Waals surface area contributed by atoms with E-state index in [0.717, 1.165) is 25.7 Å². The maximum atomic E-state index is 10.4. The summed E-state index contributed by atoms with van der Waals surface area (Å²) in [4.78, 5) is 11.1. The lowest BCUT2D eigenvalue weighted by molar-refractivity contribution is -0.138. The molecule has 0 bridgehead atoms. The molecule has 0 fully saturated rings. The zero-order chi connectivity index (χ0) is 10.3. The van der Waals surface area contributed by atoms with Crippen molar-refractivity contribution in [3.05, 3.63) is 0 Å². The van der Waals surface area contributed by atoms with Gasteiger partial charge in [-0.25, -0.2) is 0 Å². The first-order valence-corrected chi connectivity index (χ1v) is 5.01. The fourth-order valence-corrected chi connectivity index (χ4v) is 1.23. The fourth-order valence-electron chi connectivity index (χ4n) is 0.911. The summed E-state index contributed by atoms with van der Waals surface area (Å²) in [5.74, 6) is -0.863. The van der Waals surface area contributed by atoms with Gasteiger partial charge in [0.1, 0.15) is 6.04 Å². The Balaban J connectivity index is 3.56. The zero-order valence-corrected chi connectivity index (χ0v) is 8.99. The quantitative estimate of drug-likeness (QED) is 0.512. The van der Waals surface area contributed by atoms with Gasteiger partial charge in [0.25, 0.3) is 0 Å². The number of carboxylic acid groups (broad SMARTS) is 1. The second-order valence-corrected chi connectivity index (χ2v) is 3.58. The Labute approximate surface area is 84.5 Å². The van der Waals surface area contributed by atoms with Crippen molar-refractivity contribution in [1.29, 1.82) is 0 Å². The standard InChI is InChI=1S/C9H17NO2S/c1-3-4-5-6-8(13)10-7(2)9(11)12/h7H,3-6H2,1-2H3,(H,10,13)(H,11,12)/t7-/m1/s1. The van der Waals surface area contributed by atoms with Crippen LogP contribution in [0.1, 0.15) is 39.5 Å². The molecule has 0 saturated heterocycles. The minimum absolute atomic E-state index is 0.575. The van der Waals surface area contributed by atoms with E-state index in [2.05, 4.69) is 12.2 Å². The van der Waals surface area contributed by atoms with Crippen molar-refractivity contribution in [2.45, 2.75) is 45.6 Å². The van der Waals surface area contributed by atoms with E-state index in [1.165, 1.54) is 0 Å². The molecule has 4 heteroatoms. The molecule has 0 aliphatic heterocycles. The SMILES string of the molecule is CCCCCC(=S)N[C@H](C)C(=O)O. The van der Waals surface area contributed by atoms with Crippen LogP contribution in [0.15, 0.2) is 0 Å². The zero-order valence-electron chi connectivity index (χ0n) is 8.17. The monoisotopic (exact) mass is 203 g/mol. The highest BCUT2D eigenvalue weighted by Gasteiger charge is 2.10. The predicted octanol–water partition coefficient (Wildman–Crippen LogP) is 1.96. The third kappa shape index (κ3) is 6.51. The number of thiocarbonyl (C=S) groups is 1. The van der Waals surface area contributed by atoms with Crippen LogP contribution in [0.4, 0.5) is 0 Å². The van der Waals surface area contributed by atoms with Crippen LogP contribution in [-0.4, -0.2) is 22.1 Å². The Bertz CT molecular complexity index is 182. The van der Waals surface area contributed by atoms with Crippen molar-refractivity contribution in [2.75, 3.05) is 0 Å². The van der Waals surface area contributed by atoms with Gasteiger partial charge in [0.2, 0.25) is 0 Å². The van der Waals surface area contributed by atoms with Gasteiger partial charge in [-0.1, -0.05) is 32.0 Å². The molecule has 0 spiro atoms. The number of unbranched alkanes of at least 4 members (excludes halogenated alkanes) is 2. The van der Waals surface area contributed by atoms with Gasteiger partial charge < -0.3 is 10.4 Å². The van der Waals surface area contributed by atoms with Gasteiger partial charge in [0.15, 0.2) is 0 Å². The summed E-state index contributed by atoms with van der Waals surface area (Å²) in [5, 5.41) is 11.4. The number of carbonyl (C=O) groups is 1. The molecule has 0 aromatic carbocycles. The summed E-state index contributed by atoms with van der Waals surface area (Å²) in [6.07, 6.45) is 4.12. The predicted molar refractivity (Wildman–Crippen MR) is 57.0 cm³/mol. The Hall–Kier alpha value is -0.640. The van der Waals surface area contributed by atoms with Crippen LogP contribution >= 0.6 is 12.2 Å². The van der Waals surface area contributed by atoms with E-state index in [1.807, 2.05) is 0 Å². The van der Waals surface area contributed by atoms with Crippen LogP contribution in [0.2, 0.25) is 0 Å². The molecular formula is C9H17NO2S. The summed E-state index contributed by atoms with van der Waals surface area (Å²) in [5.41, 5.74) is 0. The first kappa shape index (κ1) is 12.4. The van der Waals surface area contributed by atoms with Crippen LogP contribution in [0.5, 0.6) is 0 Å². The molecule has 0 aliphatic rings. The van der Waals surface area contributed by atoms with Gasteiger partial charge >= 0.3 is 5.97 Å². The van der Waals surface area contributed by atoms with Gasteiger partial charge in [0, 0.05) is 0 Å². The van der Waals surface area contributed by atoms with Gasteiger partial charge in [-0.05, 0) is 19.8 Å². The van der Waals surface area contributed by atoms with Gasteiger partial charge in [-0.2, -0.15) is 0 Å².